The van der Waals surface area contributed by atoms with E-state index >= 15 is 0 Å². The number of halogens is 1. The molecule has 0 atom stereocenters. The predicted octanol–water partition coefficient (Wildman–Crippen LogP) is 1.20. The van der Waals surface area contributed by atoms with Crippen LogP contribution in [0.15, 0.2) is 18.3 Å². The molecular formula is C12H12ClN5O. The van der Waals surface area contributed by atoms with Gasteiger partial charge in [0.15, 0.2) is 5.82 Å². The molecule has 7 heteroatoms. The highest BCUT2D eigenvalue weighted by Crippen LogP contribution is 2.13. The average Bonchev–Trinajstić information content (AvgIpc) is 3.00. The Morgan fingerprint density at radius 2 is 2.32 bits per heavy atom. The van der Waals surface area contributed by atoms with E-state index in [9.17, 15) is 4.79 Å². The second-order valence-corrected chi connectivity index (χ2v) is 4.73. The molecule has 3 rings (SSSR count). The van der Waals surface area contributed by atoms with E-state index in [0.29, 0.717) is 17.3 Å². The lowest BCUT2D eigenvalue weighted by molar-refractivity contribution is 0.0949. The van der Waals surface area contributed by atoms with Gasteiger partial charge in [-0.25, -0.2) is 4.98 Å². The predicted molar refractivity (Wildman–Crippen MR) is 68.8 cm³/mol. The van der Waals surface area contributed by atoms with Crippen LogP contribution in [0.5, 0.6) is 0 Å². The van der Waals surface area contributed by atoms with Gasteiger partial charge in [-0.3, -0.25) is 4.79 Å². The molecule has 1 aliphatic heterocycles. The number of carbonyl (C=O) groups is 1. The number of nitrogens with zero attached hydrogens (tertiary/aromatic N) is 4. The summed E-state index contributed by atoms with van der Waals surface area (Å²) in [5.41, 5.74) is 0.477. The highest BCUT2D eigenvalue weighted by molar-refractivity contribution is 6.29. The van der Waals surface area contributed by atoms with Crippen molar-refractivity contribution in [3.8, 4) is 0 Å². The zero-order chi connectivity index (χ0) is 13.2. The third-order valence-corrected chi connectivity index (χ3v) is 3.31. The third kappa shape index (κ3) is 2.44. The molecule has 0 saturated heterocycles. The van der Waals surface area contributed by atoms with Crippen LogP contribution in [0, 0.1) is 0 Å². The van der Waals surface area contributed by atoms with Gasteiger partial charge in [0.1, 0.15) is 11.0 Å². The Labute approximate surface area is 114 Å². The molecule has 0 aliphatic carbocycles. The number of rotatable bonds is 3. The van der Waals surface area contributed by atoms with Gasteiger partial charge in [0.05, 0.1) is 12.1 Å². The Morgan fingerprint density at radius 1 is 1.42 bits per heavy atom. The summed E-state index contributed by atoms with van der Waals surface area (Å²) in [6, 6.07) is 3.23. The van der Waals surface area contributed by atoms with Crippen molar-refractivity contribution in [2.75, 3.05) is 0 Å². The monoisotopic (exact) mass is 277 g/mol. The summed E-state index contributed by atoms with van der Waals surface area (Å²) in [4.78, 5) is 15.8. The van der Waals surface area contributed by atoms with Gasteiger partial charge in [0, 0.05) is 19.2 Å². The number of nitrogens with one attached hydrogen (secondary N) is 1. The molecule has 0 aromatic carbocycles. The maximum atomic E-state index is 11.9. The first-order valence-corrected chi connectivity index (χ1v) is 6.42. The molecule has 0 spiro atoms. The van der Waals surface area contributed by atoms with E-state index in [-0.39, 0.29) is 5.91 Å². The number of carbonyl (C=O) groups excluding carboxylic acids is 1. The van der Waals surface area contributed by atoms with Crippen LogP contribution in [-0.4, -0.2) is 25.7 Å². The van der Waals surface area contributed by atoms with E-state index in [1.54, 1.807) is 12.1 Å². The number of fused-ring (bicyclic) bond motifs is 1. The van der Waals surface area contributed by atoms with Crippen LogP contribution in [-0.2, 0) is 19.5 Å². The summed E-state index contributed by atoms with van der Waals surface area (Å²) in [5.74, 6) is 1.60. The van der Waals surface area contributed by atoms with E-state index in [1.165, 1.54) is 6.20 Å². The first kappa shape index (κ1) is 12.1. The van der Waals surface area contributed by atoms with E-state index < -0.39 is 0 Å². The molecule has 1 amide bonds. The maximum Gasteiger partial charge on any atom is 0.253 e. The Balaban J connectivity index is 1.66. The minimum Gasteiger partial charge on any atom is -0.345 e. The number of hydrogen-bond donors (Lipinski definition) is 1. The van der Waals surface area contributed by atoms with Gasteiger partial charge in [-0.15, -0.1) is 10.2 Å². The summed E-state index contributed by atoms with van der Waals surface area (Å²) in [6.07, 6.45) is 3.50. The Morgan fingerprint density at radius 3 is 3.11 bits per heavy atom. The SMILES string of the molecule is O=C(NCc1nnc2n1CCC2)c1ccc(Cl)nc1. The second-order valence-electron chi connectivity index (χ2n) is 4.34. The smallest absolute Gasteiger partial charge is 0.253 e. The maximum absolute atomic E-state index is 11.9. The van der Waals surface area contributed by atoms with Crippen molar-refractivity contribution in [3.05, 3.63) is 40.7 Å². The van der Waals surface area contributed by atoms with Crippen LogP contribution in [0.25, 0.3) is 0 Å². The van der Waals surface area contributed by atoms with Crippen molar-refractivity contribution in [1.29, 1.82) is 0 Å². The van der Waals surface area contributed by atoms with Gasteiger partial charge in [-0.1, -0.05) is 11.6 Å². The molecule has 1 aliphatic rings. The summed E-state index contributed by atoms with van der Waals surface area (Å²) in [7, 11) is 0. The number of aromatic nitrogens is 4. The van der Waals surface area contributed by atoms with Crippen molar-refractivity contribution in [2.45, 2.75) is 25.9 Å². The van der Waals surface area contributed by atoms with Crippen molar-refractivity contribution in [1.82, 2.24) is 25.1 Å². The van der Waals surface area contributed by atoms with Crippen molar-refractivity contribution < 1.29 is 4.79 Å². The second kappa shape index (κ2) is 4.97. The summed E-state index contributed by atoms with van der Waals surface area (Å²) in [6.45, 7) is 1.30. The largest absolute Gasteiger partial charge is 0.345 e. The lowest BCUT2D eigenvalue weighted by Crippen LogP contribution is -2.24. The van der Waals surface area contributed by atoms with Gasteiger partial charge in [0.25, 0.3) is 5.91 Å². The molecule has 2 aromatic heterocycles. The first-order valence-electron chi connectivity index (χ1n) is 6.05. The summed E-state index contributed by atoms with van der Waals surface area (Å²) >= 11 is 5.67. The molecule has 2 aromatic rings. The first-order chi connectivity index (χ1) is 9.24. The van der Waals surface area contributed by atoms with Crippen molar-refractivity contribution in [2.24, 2.45) is 0 Å². The molecule has 3 heterocycles. The van der Waals surface area contributed by atoms with Gasteiger partial charge < -0.3 is 9.88 Å². The molecular weight excluding hydrogens is 266 g/mol. The molecule has 0 bridgehead atoms. The zero-order valence-corrected chi connectivity index (χ0v) is 10.9. The molecule has 0 fully saturated rings. The van der Waals surface area contributed by atoms with Crippen LogP contribution in [0.3, 0.4) is 0 Å². The number of amides is 1. The van der Waals surface area contributed by atoms with E-state index in [2.05, 4.69) is 25.1 Å². The third-order valence-electron chi connectivity index (χ3n) is 3.08. The minimum atomic E-state index is -0.195. The molecule has 0 saturated carbocycles. The number of pyridine rings is 1. The van der Waals surface area contributed by atoms with Crippen LogP contribution < -0.4 is 5.32 Å². The Bertz CT molecular complexity index is 607. The molecule has 0 radical (unpaired) electrons. The number of hydrogen-bond acceptors (Lipinski definition) is 4. The van der Waals surface area contributed by atoms with E-state index in [0.717, 1.165) is 31.0 Å². The van der Waals surface area contributed by atoms with Crippen LogP contribution in [0.2, 0.25) is 5.15 Å². The normalized spacial score (nSPS) is 13.3. The number of aryl methyl sites for hydroxylation is 1. The Kier molecular flexibility index (Phi) is 3.16. The lowest BCUT2D eigenvalue weighted by Gasteiger charge is -2.05. The van der Waals surface area contributed by atoms with Crippen LogP contribution in [0.4, 0.5) is 0 Å². The average molecular weight is 278 g/mol. The van der Waals surface area contributed by atoms with Crippen LogP contribution >= 0.6 is 11.6 Å². The highest BCUT2D eigenvalue weighted by Gasteiger charge is 2.17. The van der Waals surface area contributed by atoms with Crippen molar-refractivity contribution >= 4 is 17.5 Å². The van der Waals surface area contributed by atoms with Gasteiger partial charge in [-0.05, 0) is 18.6 Å². The van der Waals surface area contributed by atoms with E-state index in [4.69, 9.17) is 11.6 Å². The fraction of sp³-hybridized carbons (Fsp3) is 0.333. The summed E-state index contributed by atoms with van der Waals surface area (Å²) < 4.78 is 2.06. The molecule has 19 heavy (non-hydrogen) atoms. The quantitative estimate of drug-likeness (QED) is 0.856. The lowest BCUT2D eigenvalue weighted by atomic mass is 10.3. The summed E-state index contributed by atoms with van der Waals surface area (Å²) in [5, 5.41) is 11.3. The van der Waals surface area contributed by atoms with Crippen molar-refractivity contribution in [3.63, 3.8) is 0 Å². The molecule has 6 nitrogen and oxygen atoms in total. The minimum absolute atomic E-state index is 0.195. The van der Waals surface area contributed by atoms with Gasteiger partial charge in [0.2, 0.25) is 0 Å². The Hall–Kier alpha value is -1.95. The fourth-order valence-corrected chi connectivity index (χ4v) is 2.22. The van der Waals surface area contributed by atoms with Gasteiger partial charge >= 0.3 is 0 Å². The molecule has 1 N–H and O–H groups in total. The highest BCUT2D eigenvalue weighted by atomic mass is 35.5. The zero-order valence-electron chi connectivity index (χ0n) is 10.1. The standard InChI is InChI=1S/C12H12ClN5O/c13-9-4-3-8(6-14-9)12(19)15-7-11-17-16-10-2-1-5-18(10)11/h3-4,6H,1-2,5,7H2,(H,15,19). The molecule has 98 valence electrons. The molecule has 0 unspecified atom stereocenters. The fourth-order valence-electron chi connectivity index (χ4n) is 2.11. The van der Waals surface area contributed by atoms with Crippen LogP contribution in [0.1, 0.15) is 28.4 Å². The topological polar surface area (TPSA) is 72.7 Å². The van der Waals surface area contributed by atoms with Gasteiger partial charge in [-0.2, -0.15) is 0 Å². The van der Waals surface area contributed by atoms with E-state index in [1.807, 2.05) is 0 Å².